The van der Waals surface area contributed by atoms with Crippen LogP contribution in [0, 0.1) is 6.92 Å². The zero-order chi connectivity index (χ0) is 25.1. The van der Waals surface area contributed by atoms with Crippen LogP contribution in [0.25, 0.3) is 5.76 Å². The summed E-state index contributed by atoms with van der Waals surface area (Å²) >= 11 is 1.44. The Morgan fingerprint density at radius 2 is 1.83 bits per heavy atom. The van der Waals surface area contributed by atoms with Crippen molar-refractivity contribution in [2.75, 3.05) is 0 Å². The van der Waals surface area contributed by atoms with Gasteiger partial charge in [0, 0.05) is 29.4 Å². The van der Waals surface area contributed by atoms with E-state index < -0.39 is 17.7 Å². The first-order valence-electron chi connectivity index (χ1n) is 11.5. The number of benzene rings is 2. The third-order valence-corrected chi connectivity index (χ3v) is 7.04. The summed E-state index contributed by atoms with van der Waals surface area (Å²) in [6.07, 6.45) is 3.33. The van der Waals surface area contributed by atoms with Gasteiger partial charge in [0.15, 0.2) is 0 Å². The third kappa shape index (κ3) is 4.65. The number of ether oxygens (including phenoxy) is 1. The number of nitrogens with zero attached hydrogens (tertiary/aromatic N) is 2. The van der Waals surface area contributed by atoms with E-state index >= 15 is 0 Å². The average Bonchev–Trinajstić information content (AvgIpc) is 3.52. The maximum Gasteiger partial charge on any atom is 0.295 e. The third-order valence-electron chi connectivity index (χ3n) is 6.11. The molecule has 1 fully saturated rings. The molecule has 0 saturated carbocycles. The Kier molecular flexibility index (Phi) is 6.64. The number of amides is 1. The lowest BCUT2D eigenvalue weighted by atomic mass is 9.98. The number of ketones is 1. The minimum absolute atomic E-state index is 0.0868. The quantitative estimate of drug-likeness (QED) is 0.203. The average molecular weight is 497 g/mol. The summed E-state index contributed by atoms with van der Waals surface area (Å²) in [6, 6.07) is 21.8. The van der Waals surface area contributed by atoms with Gasteiger partial charge in [-0.3, -0.25) is 14.6 Å². The van der Waals surface area contributed by atoms with Crippen molar-refractivity contribution in [3.8, 4) is 5.75 Å². The van der Waals surface area contributed by atoms with E-state index in [-0.39, 0.29) is 17.9 Å². The molecular formula is C29H24N2O4S. The zero-order valence-electron chi connectivity index (χ0n) is 19.6. The van der Waals surface area contributed by atoms with Crippen LogP contribution in [0.3, 0.4) is 0 Å². The van der Waals surface area contributed by atoms with Crippen molar-refractivity contribution in [2.24, 2.45) is 0 Å². The van der Waals surface area contributed by atoms with Crippen molar-refractivity contribution in [1.82, 2.24) is 9.88 Å². The molecule has 1 amide bonds. The molecule has 1 atom stereocenters. The normalized spacial score (nSPS) is 16.9. The number of hydrogen-bond acceptors (Lipinski definition) is 6. The first-order valence-corrected chi connectivity index (χ1v) is 12.4. The largest absolute Gasteiger partial charge is 0.507 e. The number of aliphatic hydroxyl groups excluding tert-OH is 1. The summed E-state index contributed by atoms with van der Waals surface area (Å²) < 4.78 is 5.95. The highest BCUT2D eigenvalue weighted by Crippen LogP contribution is 2.42. The fraction of sp³-hybridized carbons (Fsp3) is 0.138. The van der Waals surface area contributed by atoms with E-state index in [0.717, 1.165) is 21.6 Å². The van der Waals surface area contributed by atoms with E-state index in [1.54, 1.807) is 36.7 Å². The van der Waals surface area contributed by atoms with E-state index in [0.29, 0.717) is 17.9 Å². The molecule has 0 aliphatic carbocycles. The number of aliphatic hydroxyl groups is 1. The van der Waals surface area contributed by atoms with Crippen molar-refractivity contribution < 1.29 is 19.4 Å². The van der Waals surface area contributed by atoms with Gasteiger partial charge in [-0.15, -0.1) is 11.3 Å². The van der Waals surface area contributed by atoms with Crippen LogP contribution in [-0.4, -0.2) is 26.7 Å². The monoisotopic (exact) mass is 496 g/mol. The van der Waals surface area contributed by atoms with Crippen LogP contribution in [0.1, 0.15) is 33.2 Å². The Morgan fingerprint density at radius 3 is 2.53 bits per heavy atom. The molecule has 4 aromatic rings. The number of likely N-dealkylation sites (tertiary alicyclic amines) is 1. The SMILES string of the molecule is Cc1cc(/C(O)=C2\C(=O)C(=O)N(Cc3cccnc3)[C@H]2c2cccs2)ccc1OCc1ccccc1. The molecule has 1 saturated heterocycles. The van der Waals surface area contributed by atoms with Gasteiger partial charge in [-0.05, 0) is 59.3 Å². The van der Waals surface area contributed by atoms with Gasteiger partial charge in [-0.1, -0.05) is 42.5 Å². The molecule has 6 nitrogen and oxygen atoms in total. The number of pyridine rings is 1. The van der Waals surface area contributed by atoms with Crippen LogP contribution < -0.4 is 4.74 Å². The van der Waals surface area contributed by atoms with Gasteiger partial charge in [0.05, 0.1) is 11.6 Å². The van der Waals surface area contributed by atoms with Crippen molar-refractivity contribution in [1.29, 1.82) is 0 Å². The minimum Gasteiger partial charge on any atom is -0.507 e. The second-order valence-corrected chi connectivity index (χ2v) is 9.54. The lowest BCUT2D eigenvalue weighted by Gasteiger charge is -2.24. The highest BCUT2D eigenvalue weighted by atomic mass is 32.1. The molecule has 7 heteroatoms. The van der Waals surface area contributed by atoms with Gasteiger partial charge < -0.3 is 14.7 Å². The standard InChI is InChI=1S/C29H24N2O4S/c1-19-15-22(11-12-23(19)35-18-20-7-3-2-4-8-20)27(32)25-26(24-10-6-14-36-24)31(29(34)28(25)33)17-21-9-5-13-30-16-21/h2-16,26,32H,17-18H2,1H3/b27-25+/t26-/m0/s1. The maximum atomic E-state index is 13.2. The molecule has 0 radical (unpaired) electrons. The summed E-state index contributed by atoms with van der Waals surface area (Å²) in [5.74, 6) is -0.851. The van der Waals surface area contributed by atoms with Crippen LogP contribution in [-0.2, 0) is 22.7 Å². The summed E-state index contributed by atoms with van der Waals surface area (Å²) in [7, 11) is 0. The fourth-order valence-corrected chi connectivity index (χ4v) is 5.17. The molecule has 0 spiro atoms. The topological polar surface area (TPSA) is 79.7 Å². The first-order chi connectivity index (χ1) is 17.5. The van der Waals surface area contributed by atoms with Gasteiger partial charge >= 0.3 is 0 Å². The lowest BCUT2D eigenvalue weighted by Crippen LogP contribution is -2.28. The molecule has 2 aromatic carbocycles. The van der Waals surface area contributed by atoms with E-state index in [1.165, 1.54) is 16.2 Å². The summed E-state index contributed by atoms with van der Waals surface area (Å²) in [6.45, 7) is 2.52. The fourth-order valence-electron chi connectivity index (χ4n) is 4.32. The number of aromatic nitrogens is 1. The molecule has 2 aromatic heterocycles. The van der Waals surface area contributed by atoms with Crippen LogP contribution in [0.15, 0.2) is 96.1 Å². The molecule has 3 heterocycles. The van der Waals surface area contributed by atoms with Crippen molar-refractivity contribution >= 4 is 28.8 Å². The van der Waals surface area contributed by atoms with Gasteiger partial charge in [0.25, 0.3) is 11.7 Å². The molecular weight excluding hydrogens is 472 g/mol. The number of aryl methyl sites for hydroxylation is 1. The van der Waals surface area contributed by atoms with Gasteiger partial charge in [0.2, 0.25) is 0 Å². The number of carbonyl (C=O) groups is 2. The Morgan fingerprint density at radius 1 is 1.03 bits per heavy atom. The minimum atomic E-state index is -0.697. The number of carbonyl (C=O) groups excluding carboxylic acids is 2. The van der Waals surface area contributed by atoms with E-state index in [2.05, 4.69) is 4.98 Å². The molecule has 0 bridgehead atoms. The zero-order valence-corrected chi connectivity index (χ0v) is 20.4. The Bertz CT molecular complexity index is 1420. The Labute approximate surface area is 213 Å². The summed E-state index contributed by atoms with van der Waals surface area (Å²) in [5, 5.41) is 13.2. The second-order valence-electron chi connectivity index (χ2n) is 8.56. The van der Waals surface area contributed by atoms with Crippen molar-refractivity contribution in [3.05, 3.63) is 123 Å². The Hall–Kier alpha value is -4.23. The Balaban J connectivity index is 1.48. The van der Waals surface area contributed by atoms with Crippen LogP contribution in [0.4, 0.5) is 0 Å². The number of thiophene rings is 1. The molecule has 36 heavy (non-hydrogen) atoms. The predicted octanol–water partition coefficient (Wildman–Crippen LogP) is 5.65. The molecule has 1 N–H and O–H groups in total. The molecule has 1 aliphatic heterocycles. The van der Waals surface area contributed by atoms with E-state index in [4.69, 9.17) is 4.74 Å². The van der Waals surface area contributed by atoms with Crippen LogP contribution in [0.5, 0.6) is 5.75 Å². The summed E-state index contributed by atoms with van der Waals surface area (Å²) in [4.78, 5) is 32.7. The first kappa shape index (κ1) is 23.5. The molecule has 5 rings (SSSR count). The smallest absolute Gasteiger partial charge is 0.295 e. The lowest BCUT2D eigenvalue weighted by molar-refractivity contribution is -0.140. The summed E-state index contributed by atoms with van der Waals surface area (Å²) in [5.41, 5.74) is 3.21. The van der Waals surface area contributed by atoms with Gasteiger partial charge in [0.1, 0.15) is 18.1 Å². The number of hydrogen-bond donors (Lipinski definition) is 1. The van der Waals surface area contributed by atoms with E-state index in [9.17, 15) is 14.7 Å². The van der Waals surface area contributed by atoms with Crippen LogP contribution >= 0.6 is 11.3 Å². The van der Waals surface area contributed by atoms with Gasteiger partial charge in [-0.2, -0.15) is 0 Å². The second kappa shape index (κ2) is 10.2. The highest BCUT2D eigenvalue weighted by molar-refractivity contribution is 7.10. The van der Waals surface area contributed by atoms with Crippen molar-refractivity contribution in [2.45, 2.75) is 26.1 Å². The predicted molar refractivity (Wildman–Crippen MR) is 138 cm³/mol. The number of Topliss-reactive ketones (excluding diaryl/α,β-unsaturated/α-hetero) is 1. The highest BCUT2D eigenvalue weighted by Gasteiger charge is 2.46. The van der Waals surface area contributed by atoms with E-state index in [1.807, 2.05) is 60.8 Å². The van der Waals surface area contributed by atoms with Gasteiger partial charge in [-0.25, -0.2) is 0 Å². The molecule has 180 valence electrons. The van der Waals surface area contributed by atoms with Crippen LogP contribution in [0.2, 0.25) is 0 Å². The maximum absolute atomic E-state index is 13.2. The molecule has 0 unspecified atom stereocenters. The van der Waals surface area contributed by atoms with Crippen molar-refractivity contribution in [3.63, 3.8) is 0 Å². The number of rotatable bonds is 7. The molecule has 1 aliphatic rings.